The van der Waals surface area contributed by atoms with Gasteiger partial charge in [0.05, 0.1) is 0 Å². The highest BCUT2D eigenvalue weighted by Gasteiger charge is 2.35. The van der Waals surface area contributed by atoms with Crippen LogP contribution in [0.2, 0.25) is 0 Å². The summed E-state index contributed by atoms with van der Waals surface area (Å²) in [6.07, 6.45) is 0. The van der Waals surface area contributed by atoms with E-state index in [0.29, 0.717) is 21.7 Å². The SMILES string of the molecule is CC(c1cccc2c1[PH](=O)C(O)c1ccccc1-2)c1cccc2c1[PH](=O)C(O)c1ccccc1-2. The van der Waals surface area contributed by atoms with Gasteiger partial charge in [-0.1, -0.05) is 91.9 Å². The van der Waals surface area contributed by atoms with E-state index >= 15 is 0 Å². The van der Waals surface area contributed by atoms with Crippen LogP contribution in [0.1, 0.15) is 46.8 Å². The zero-order valence-electron chi connectivity index (χ0n) is 18.5. The maximum absolute atomic E-state index is 13.5. The molecule has 4 atom stereocenters. The third-order valence-electron chi connectivity index (χ3n) is 7.21. The minimum Gasteiger partial charge on any atom is -0.381 e. The standard InChI is InChI=1S/C28H24O4P2/c1-16(17-12-6-14-21-19-8-2-4-10-23(19)27(29)33(31)25(17)21)18-13-7-15-22-20-9-3-5-11-24(20)28(30)34(32)26(18)22/h2-16,27-30,33-34H,1H3. The summed E-state index contributed by atoms with van der Waals surface area (Å²) in [6.45, 7) is 2.02. The molecule has 2 N–H and O–H groups in total. The fourth-order valence-corrected chi connectivity index (χ4v) is 9.30. The van der Waals surface area contributed by atoms with Crippen molar-refractivity contribution in [3.63, 3.8) is 0 Å². The van der Waals surface area contributed by atoms with E-state index in [1.54, 1.807) is 0 Å². The number of hydrogen-bond acceptors (Lipinski definition) is 4. The number of aliphatic hydroxyl groups excluding tert-OH is 2. The first-order valence-corrected chi connectivity index (χ1v) is 14.3. The molecule has 4 aromatic carbocycles. The molecule has 2 aliphatic rings. The summed E-state index contributed by atoms with van der Waals surface area (Å²) in [5.41, 5.74) is 6.70. The lowest BCUT2D eigenvalue weighted by Crippen LogP contribution is -2.23. The summed E-state index contributed by atoms with van der Waals surface area (Å²) in [6, 6.07) is 26.9. The first kappa shape index (κ1) is 21.8. The van der Waals surface area contributed by atoms with Gasteiger partial charge in [0.2, 0.25) is 0 Å². The third kappa shape index (κ3) is 3.07. The summed E-state index contributed by atoms with van der Waals surface area (Å²) < 4.78 is 27.1. The van der Waals surface area contributed by atoms with Gasteiger partial charge < -0.3 is 19.3 Å². The van der Waals surface area contributed by atoms with Crippen LogP contribution in [0.25, 0.3) is 22.3 Å². The Morgan fingerprint density at radius 2 is 0.971 bits per heavy atom. The highest BCUT2D eigenvalue weighted by molar-refractivity contribution is 7.54. The van der Waals surface area contributed by atoms with Crippen LogP contribution in [0.3, 0.4) is 0 Å². The smallest absolute Gasteiger partial charge is 0.136 e. The topological polar surface area (TPSA) is 74.6 Å². The first-order chi connectivity index (χ1) is 16.5. The van der Waals surface area contributed by atoms with Crippen molar-refractivity contribution in [2.45, 2.75) is 24.5 Å². The lowest BCUT2D eigenvalue weighted by atomic mass is 9.87. The molecule has 4 nitrogen and oxygen atoms in total. The van der Waals surface area contributed by atoms with Crippen LogP contribution in [-0.2, 0) is 9.13 Å². The number of aliphatic hydroxyl groups is 2. The predicted molar refractivity (Wildman–Crippen MR) is 138 cm³/mol. The van der Waals surface area contributed by atoms with E-state index in [-0.39, 0.29) is 5.92 Å². The highest BCUT2D eigenvalue weighted by Crippen LogP contribution is 2.52. The molecular formula is C28H24O4P2. The molecule has 2 heterocycles. The lowest BCUT2D eigenvalue weighted by molar-refractivity contribution is 0.259. The second-order valence-corrected chi connectivity index (χ2v) is 12.5. The molecule has 0 radical (unpaired) electrons. The van der Waals surface area contributed by atoms with Gasteiger partial charge in [-0.3, -0.25) is 0 Å². The van der Waals surface area contributed by atoms with Crippen LogP contribution in [0.5, 0.6) is 0 Å². The maximum atomic E-state index is 13.5. The van der Waals surface area contributed by atoms with Gasteiger partial charge in [0, 0.05) is 16.5 Å². The molecule has 170 valence electrons. The van der Waals surface area contributed by atoms with Crippen LogP contribution in [0.15, 0.2) is 84.9 Å². The molecule has 0 bridgehead atoms. The van der Waals surface area contributed by atoms with E-state index < -0.39 is 27.3 Å². The van der Waals surface area contributed by atoms with E-state index in [1.807, 2.05) is 91.9 Å². The molecular weight excluding hydrogens is 462 g/mol. The summed E-state index contributed by atoms with van der Waals surface area (Å²) >= 11 is 0. The summed E-state index contributed by atoms with van der Waals surface area (Å²) in [4.78, 5) is 0. The Morgan fingerprint density at radius 1 is 0.588 bits per heavy atom. The van der Waals surface area contributed by atoms with Gasteiger partial charge in [0.25, 0.3) is 0 Å². The number of rotatable bonds is 2. The van der Waals surface area contributed by atoms with Crippen molar-refractivity contribution in [2.75, 3.05) is 0 Å². The minimum absolute atomic E-state index is 0.220. The van der Waals surface area contributed by atoms with Crippen LogP contribution in [0.4, 0.5) is 0 Å². The molecule has 0 amide bonds. The first-order valence-electron chi connectivity index (χ1n) is 11.4. The second kappa shape index (κ2) is 8.18. The Labute approximate surface area is 199 Å². The van der Waals surface area contributed by atoms with Crippen LogP contribution < -0.4 is 10.6 Å². The van der Waals surface area contributed by atoms with Gasteiger partial charge in [-0.2, -0.15) is 0 Å². The fraction of sp³-hybridized carbons (Fsp3) is 0.143. The molecule has 0 saturated heterocycles. The number of fused-ring (bicyclic) bond motifs is 6. The summed E-state index contributed by atoms with van der Waals surface area (Å²) in [7, 11) is -5.05. The Balaban J connectivity index is 1.57. The Hall–Kier alpha value is -2.74. The molecule has 0 fully saturated rings. The molecule has 0 spiro atoms. The Kier molecular flexibility index (Phi) is 5.24. The highest BCUT2D eigenvalue weighted by atomic mass is 31.1. The quantitative estimate of drug-likeness (QED) is 0.365. The van der Waals surface area contributed by atoms with Crippen molar-refractivity contribution in [1.29, 1.82) is 0 Å². The van der Waals surface area contributed by atoms with E-state index in [2.05, 4.69) is 0 Å². The van der Waals surface area contributed by atoms with Crippen molar-refractivity contribution < 1.29 is 19.3 Å². The van der Waals surface area contributed by atoms with Crippen LogP contribution in [0, 0.1) is 0 Å². The maximum Gasteiger partial charge on any atom is 0.136 e. The predicted octanol–water partition coefficient (Wildman–Crippen LogP) is 5.55. The van der Waals surface area contributed by atoms with Gasteiger partial charge in [-0.25, -0.2) is 0 Å². The van der Waals surface area contributed by atoms with Crippen molar-refractivity contribution in [1.82, 2.24) is 0 Å². The third-order valence-corrected chi connectivity index (χ3v) is 10.9. The van der Waals surface area contributed by atoms with Gasteiger partial charge in [-0.05, 0) is 44.5 Å². The molecule has 4 aromatic rings. The van der Waals surface area contributed by atoms with E-state index in [9.17, 15) is 19.3 Å². The second-order valence-electron chi connectivity index (χ2n) is 8.97. The number of benzene rings is 4. The molecule has 6 heteroatoms. The van der Waals surface area contributed by atoms with E-state index in [4.69, 9.17) is 0 Å². The van der Waals surface area contributed by atoms with Crippen LogP contribution >= 0.6 is 15.6 Å². The molecule has 6 rings (SSSR count). The van der Waals surface area contributed by atoms with Crippen molar-refractivity contribution >= 4 is 26.2 Å². The van der Waals surface area contributed by atoms with Crippen molar-refractivity contribution in [2.24, 2.45) is 0 Å². The Bertz CT molecular complexity index is 1400. The minimum atomic E-state index is -2.53. The van der Waals surface area contributed by atoms with Crippen LogP contribution in [-0.4, -0.2) is 10.2 Å². The molecule has 2 aliphatic heterocycles. The molecule has 0 aromatic heterocycles. The number of hydrogen-bond donors (Lipinski definition) is 2. The largest absolute Gasteiger partial charge is 0.381 e. The van der Waals surface area contributed by atoms with Gasteiger partial charge in [0.1, 0.15) is 27.3 Å². The van der Waals surface area contributed by atoms with Gasteiger partial charge >= 0.3 is 0 Å². The van der Waals surface area contributed by atoms with Gasteiger partial charge in [-0.15, -0.1) is 0 Å². The zero-order chi connectivity index (χ0) is 23.6. The van der Waals surface area contributed by atoms with Crippen molar-refractivity contribution in [3.8, 4) is 22.3 Å². The molecule has 34 heavy (non-hydrogen) atoms. The average Bonchev–Trinajstić information content (AvgIpc) is 2.89. The monoisotopic (exact) mass is 486 g/mol. The van der Waals surface area contributed by atoms with E-state index in [1.165, 1.54) is 0 Å². The summed E-state index contributed by atoms with van der Waals surface area (Å²) in [5.74, 6) is -2.28. The molecule has 0 saturated carbocycles. The zero-order valence-corrected chi connectivity index (χ0v) is 20.5. The molecule has 4 unspecified atom stereocenters. The Morgan fingerprint density at radius 3 is 1.41 bits per heavy atom. The lowest BCUT2D eigenvalue weighted by Gasteiger charge is -2.30. The van der Waals surface area contributed by atoms with Gasteiger partial charge in [0.15, 0.2) is 0 Å². The normalized spacial score (nSPS) is 23.3. The van der Waals surface area contributed by atoms with Crippen molar-refractivity contribution in [3.05, 3.63) is 107 Å². The summed E-state index contributed by atoms with van der Waals surface area (Å²) in [5, 5.41) is 23.2. The fourth-order valence-electron chi connectivity index (χ4n) is 5.55. The average molecular weight is 486 g/mol. The van der Waals surface area contributed by atoms with E-state index in [0.717, 1.165) is 33.4 Å². The molecule has 0 aliphatic carbocycles.